The molecule has 0 saturated heterocycles. The lowest BCUT2D eigenvalue weighted by Gasteiger charge is -2.08. The highest BCUT2D eigenvalue weighted by molar-refractivity contribution is 5.74. The van der Waals surface area contributed by atoms with Crippen molar-refractivity contribution >= 4 is 5.97 Å². The molecule has 20 heavy (non-hydrogen) atoms. The maximum Gasteiger partial charge on any atom is 0.349 e. The molecular weight excluding hydrogens is 252 g/mol. The Morgan fingerprint density at radius 2 is 1.75 bits per heavy atom. The Morgan fingerprint density at radius 1 is 0.950 bits per heavy atom. The summed E-state index contributed by atoms with van der Waals surface area (Å²) < 4.78 is 10.6. The number of hydrogen-bond acceptors (Lipinski definition) is 3. The smallest absolute Gasteiger partial charge is 0.349 e. The number of hydrogen-bond donors (Lipinski definition) is 0. The zero-order valence-corrected chi connectivity index (χ0v) is 12.0. The summed E-state index contributed by atoms with van der Waals surface area (Å²) in [4.78, 5) is 11.7. The first kappa shape index (κ1) is 14.1. The van der Waals surface area contributed by atoms with E-state index in [2.05, 4.69) is 0 Å². The fraction of sp³-hybridized carbons (Fsp3) is 0.235. The lowest BCUT2D eigenvalue weighted by Crippen LogP contribution is -2.17. The monoisotopic (exact) mass is 270 g/mol. The van der Waals surface area contributed by atoms with Gasteiger partial charge in [-0.15, -0.1) is 0 Å². The van der Waals surface area contributed by atoms with Gasteiger partial charge in [0.15, 0.2) is 6.61 Å². The molecule has 2 aromatic rings. The van der Waals surface area contributed by atoms with E-state index in [1.54, 1.807) is 6.07 Å². The fourth-order valence-electron chi connectivity index (χ4n) is 1.79. The van der Waals surface area contributed by atoms with Crippen LogP contribution in [0.4, 0.5) is 0 Å². The van der Waals surface area contributed by atoms with Crippen LogP contribution < -0.4 is 9.47 Å². The summed E-state index contributed by atoms with van der Waals surface area (Å²) in [5.41, 5.74) is 3.35. The normalized spacial score (nSPS) is 10.2. The molecule has 0 heterocycles. The van der Waals surface area contributed by atoms with Crippen molar-refractivity contribution in [2.75, 3.05) is 6.61 Å². The van der Waals surface area contributed by atoms with E-state index >= 15 is 0 Å². The maximum atomic E-state index is 11.7. The molecule has 0 fully saturated rings. The fourth-order valence-corrected chi connectivity index (χ4v) is 1.79. The van der Waals surface area contributed by atoms with E-state index in [0.29, 0.717) is 11.5 Å². The first-order valence-electron chi connectivity index (χ1n) is 6.52. The summed E-state index contributed by atoms with van der Waals surface area (Å²) in [6, 6.07) is 13.1. The van der Waals surface area contributed by atoms with Crippen molar-refractivity contribution in [3.05, 3.63) is 59.2 Å². The van der Waals surface area contributed by atoms with Gasteiger partial charge in [0.05, 0.1) is 0 Å². The number of esters is 1. The van der Waals surface area contributed by atoms with Crippen LogP contribution in [0.15, 0.2) is 42.5 Å². The summed E-state index contributed by atoms with van der Waals surface area (Å²) in [5, 5.41) is 0. The molecule has 0 N–H and O–H groups in total. The van der Waals surface area contributed by atoms with E-state index in [1.807, 2.05) is 57.2 Å². The first-order chi connectivity index (χ1) is 9.54. The Hall–Kier alpha value is -2.29. The van der Waals surface area contributed by atoms with Gasteiger partial charge in [-0.25, -0.2) is 4.79 Å². The molecule has 0 bridgehead atoms. The Labute approximate surface area is 119 Å². The van der Waals surface area contributed by atoms with Gasteiger partial charge in [-0.2, -0.15) is 0 Å². The van der Waals surface area contributed by atoms with E-state index < -0.39 is 5.97 Å². The third-order valence-corrected chi connectivity index (χ3v) is 3.06. The Bertz CT molecular complexity index is 617. The molecule has 0 aliphatic carbocycles. The number of carbonyl (C=O) groups is 1. The molecule has 2 aromatic carbocycles. The molecule has 0 atom stereocenters. The van der Waals surface area contributed by atoms with Crippen LogP contribution in [0.1, 0.15) is 16.7 Å². The highest BCUT2D eigenvalue weighted by atomic mass is 16.6. The number of carbonyl (C=O) groups excluding carboxylic acids is 1. The summed E-state index contributed by atoms with van der Waals surface area (Å²) in [5.74, 6) is 0.808. The third kappa shape index (κ3) is 3.85. The topological polar surface area (TPSA) is 35.5 Å². The van der Waals surface area contributed by atoms with E-state index in [4.69, 9.17) is 9.47 Å². The molecule has 0 saturated carbocycles. The number of ether oxygens (including phenoxy) is 2. The van der Waals surface area contributed by atoms with Gasteiger partial charge in [0.1, 0.15) is 11.5 Å². The van der Waals surface area contributed by atoms with Crippen molar-refractivity contribution in [2.24, 2.45) is 0 Å². The summed E-state index contributed by atoms with van der Waals surface area (Å²) in [6.45, 7) is 5.87. The van der Waals surface area contributed by atoms with Gasteiger partial charge >= 0.3 is 5.97 Å². The average molecular weight is 270 g/mol. The molecule has 0 spiro atoms. The highest BCUT2D eigenvalue weighted by Gasteiger charge is 2.07. The van der Waals surface area contributed by atoms with Crippen LogP contribution in [0, 0.1) is 20.8 Å². The molecule has 2 rings (SSSR count). The predicted molar refractivity (Wildman–Crippen MR) is 78.2 cm³/mol. The van der Waals surface area contributed by atoms with Gasteiger partial charge in [-0.3, -0.25) is 0 Å². The molecule has 0 aromatic heterocycles. The minimum atomic E-state index is -0.408. The van der Waals surface area contributed by atoms with Crippen LogP contribution in [0.3, 0.4) is 0 Å². The number of rotatable bonds is 4. The van der Waals surface area contributed by atoms with E-state index in [1.165, 1.54) is 5.56 Å². The van der Waals surface area contributed by atoms with Crippen LogP contribution in [0.5, 0.6) is 11.5 Å². The highest BCUT2D eigenvalue weighted by Crippen LogP contribution is 2.17. The van der Waals surface area contributed by atoms with Crippen LogP contribution >= 0.6 is 0 Å². The van der Waals surface area contributed by atoms with Crippen molar-refractivity contribution in [1.29, 1.82) is 0 Å². The van der Waals surface area contributed by atoms with Crippen molar-refractivity contribution in [2.45, 2.75) is 20.8 Å². The average Bonchev–Trinajstić information content (AvgIpc) is 2.41. The van der Waals surface area contributed by atoms with Crippen molar-refractivity contribution < 1.29 is 14.3 Å². The minimum Gasteiger partial charge on any atom is -0.482 e. The van der Waals surface area contributed by atoms with Crippen LogP contribution in [0.25, 0.3) is 0 Å². The van der Waals surface area contributed by atoms with Gasteiger partial charge in [0, 0.05) is 0 Å². The Kier molecular flexibility index (Phi) is 4.41. The Morgan fingerprint density at radius 3 is 2.45 bits per heavy atom. The van der Waals surface area contributed by atoms with Gasteiger partial charge < -0.3 is 9.47 Å². The van der Waals surface area contributed by atoms with Crippen molar-refractivity contribution in [3.63, 3.8) is 0 Å². The second-order valence-electron chi connectivity index (χ2n) is 4.83. The molecule has 3 nitrogen and oxygen atoms in total. The van der Waals surface area contributed by atoms with Gasteiger partial charge in [-0.1, -0.05) is 18.2 Å². The lowest BCUT2D eigenvalue weighted by atomic mass is 10.1. The second-order valence-corrected chi connectivity index (χ2v) is 4.83. The molecule has 0 amide bonds. The number of aryl methyl sites for hydroxylation is 3. The van der Waals surface area contributed by atoms with Crippen molar-refractivity contribution in [3.8, 4) is 11.5 Å². The maximum absolute atomic E-state index is 11.7. The second kappa shape index (κ2) is 6.24. The first-order valence-corrected chi connectivity index (χ1v) is 6.52. The molecular formula is C17H18O3. The molecule has 0 aliphatic rings. The van der Waals surface area contributed by atoms with Crippen LogP contribution in [-0.4, -0.2) is 12.6 Å². The van der Waals surface area contributed by atoms with Crippen molar-refractivity contribution in [1.82, 2.24) is 0 Å². The predicted octanol–water partition coefficient (Wildman–Crippen LogP) is 3.60. The van der Waals surface area contributed by atoms with Gasteiger partial charge in [-0.05, 0) is 61.7 Å². The van der Waals surface area contributed by atoms with E-state index in [9.17, 15) is 4.79 Å². The van der Waals surface area contributed by atoms with Gasteiger partial charge in [0.2, 0.25) is 0 Å². The standard InChI is InChI=1S/C17H18O3/c1-12-5-4-6-15(9-12)19-11-17(18)20-16-8-7-13(2)14(3)10-16/h4-10H,11H2,1-3H3. The Balaban J connectivity index is 1.91. The quantitative estimate of drug-likeness (QED) is 0.629. The molecule has 3 heteroatoms. The SMILES string of the molecule is Cc1cccc(OCC(=O)Oc2ccc(C)c(C)c2)c1. The zero-order valence-electron chi connectivity index (χ0n) is 12.0. The minimum absolute atomic E-state index is 0.101. The van der Waals surface area contributed by atoms with Gasteiger partial charge in [0.25, 0.3) is 0 Å². The summed E-state index contributed by atoms with van der Waals surface area (Å²) in [7, 11) is 0. The van der Waals surface area contributed by atoms with Crippen LogP contribution in [-0.2, 0) is 4.79 Å². The summed E-state index contributed by atoms with van der Waals surface area (Å²) >= 11 is 0. The van der Waals surface area contributed by atoms with E-state index in [0.717, 1.165) is 11.1 Å². The molecule has 104 valence electrons. The summed E-state index contributed by atoms with van der Waals surface area (Å²) in [6.07, 6.45) is 0. The third-order valence-electron chi connectivity index (χ3n) is 3.06. The largest absolute Gasteiger partial charge is 0.482 e. The molecule has 0 unspecified atom stereocenters. The van der Waals surface area contributed by atoms with E-state index in [-0.39, 0.29) is 6.61 Å². The van der Waals surface area contributed by atoms with Crippen LogP contribution in [0.2, 0.25) is 0 Å². The zero-order chi connectivity index (χ0) is 14.5. The molecule has 0 radical (unpaired) electrons. The lowest BCUT2D eigenvalue weighted by molar-refractivity contribution is -0.136. The number of benzene rings is 2. The molecule has 0 aliphatic heterocycles.